The van der Waals surface area contributed by atoms with Crippen LogP contribution in [0.1, 0.15) is 22.5 Å². The van der Waals surface area contributed by atoms with Gasteiger partial charge in [0.1, 0.15) is 17.2 Å². The molecule has 0 heterocycles. The summed E-state index contributed by atoms with van der Waals surface area (Å²) in [5.74, 6) is -4.32. The fourth-order valence-corrected chi connectivity index (χ4v) is 2.82. The van der Waals surface area contributed by atoms with Crippen molar-refractivity contribution >= 4 is 21.8 Å². The zero-order chi connectivity index (χ0) is 13.7. The van der Waals surface area contributed by atoms with Crippen LogP contribution in [-0.4, -0.2) is 14.3 Å². The third-order valence-electron chi connectivity index (χ3n) is 2.64. The molecule has 1 aromatic rings. The van der Waals surface area contributed by atoms with E-state index in [1.165, 1.54) is 0 Å². The molecule has 4 nitrogen and oxygen atoms in total. The van der Waals surface area contributed by atoms with Crippen LogP contribution in [0.5, 0.6) is 0 Å². The van der Waals surface area contributed by atoms with Crippen LogP contribution in [-0.2, 0) is 10.2 Å². The largest absolute Gasteiger partial charge is 0.288 e. The molecule has 2 rings (SSSR count). The van der Waals surface area contributed by atoms with E-state index in [-0.39, 0.29) is 11.1 Å². The Labute approximate surface area is 106 Å². The Morgan fingerprint density at radius 3 is 2.50 bits per heavy atom. The van der Waals surface area contributed by atoms with Crippen LogP contribution in [0.25, 0.3) is 0 Å². The summed E-state index contributed by atoms with van der Waals surface area (Å²) in [6.07, 6.45) is 0. The van der Waals surface area contributed by atoms with Gasteiger partial charge in [0.25, 0.3) is 16.1 Å². The quantitative estimate of drug-likeness (QED) is 0.814. The molecule has 0 saturated heterocycles. The molecule has 0 aliphatic heterocycles. The topological polar surface area (TPSA) is 72.2 Å². The van der Waals surface area contributed by atoms with Crippen molar-refractivity contribution in [3.63, 3.8) is 0 Å². The Morgan fingerprint density at radius 2 is 1.94 bits per heavy atom. The third kappa shape index (κ3) is 2.20. The molecule has 1 aliphatic carbocycles. The highest BCUT2D eigenvalue weighted by molar-refractivity contribution is 7.87. The van der Waals surface area contributed by atoms with Gasteiger partial charge in [-0.1, -0.05) is 6.07 Å². The number of rotatable bonds is 2. The van der Waals surface area contributed by atoms with Gasteiger partial charge < -0.3 is 0 Å². The lowest BCUT2D eigenvalue weighted by molar-refractivity contribution is -0.0235. The second-order valence-corrected chi connectivity index (χ2v) is 5.67. The molecule has 0 radical (unpaired) electrons. The van der Waals surface area contributed by atoms with E-state index < -0.39 is 33.4 Å². The first-order chi connectivity index (χ1) is 8.13. The fraction of sp³-hybridized carbons (Fsp3) is 0.333. The molecule has 9 heteroatoms. The van der Waals surface area contributed by atoms with Gasteiger partial charge >= 0.3 is 0 Å². The van der Waals surface area contributed by atoms with Crippen molar-refractivity contribution in [2.45, 2.75) is 17.3 Å². The van der Waals surface area contributed by atoms with Gasteiger partial charge in [-0.2, -0.15) is 13.1 Å². The summed E-state index contributed by atoms with van der Waals surface area (Å²) >= 11 is 5.54. The average Bonchev–Trinajstić information content (AvgIpc) is 2.39. The summed E-state index contributed by atoms with van der Waals surface area (Å²) in [6, 6.07) is 0.961. The fourth-order valence-electron chi connectivity index (χ4n) is 1.90. The Balaban J connectivity index is 2.54. The summed E-state index contributed by atoms with van der Waals surface area (Å²) in [5.41, 5.74) is -0.238. The zero-order valence-electron chi connectivity index (χ0n) is 8.70. The molecule has 1 aromatic carbocycles. The van der Waals surface area contributed by atoms with Gasteiger partial charge in [-0.3, -0.25) is 0 Å². The Morgan fingerprint density at radius 1 is 1.33 bits per heavy atom. The molecular weight excluding hydrogens is 293 g/mol. The first kappa shape index (κ1) is 13.6. The molecule has 2 unspecified atom stereocenters. The summed E-state index contributed by atoms with van der Waals surface area (Å²) in [6.45, 7) is 0. The van der Waals surface area contributed by atoms with Gasteiger partial charge in [0.15, 0.2) is 0 Å². The van der Waals surface area contributed by atoms with E-state index in [0.717, 1.165) is 18.2 Å². The highest BCUT2D eigenvalue weighted by atomic mass is 35.5. The van der Waals surface area contributed by atoms with E-state index in [0.29, 0.717) is 0 Å². The average molecular weight is 301 g/mol. The number of alkyl halides is 3. The van der Waals surface area contributed by atoms with E-state index in [1.54, 1.807) is 4.72 Å². The van der Waals surface area contributed by atoms with Gasteiger partial charge in [0.05, 0.1) is 0 Å². The maximum atomic E-state index is 13.8. The van der Waals surface area contributed by atoms with E-state index in [2.05, 4.69) is 5.14 Å². The van der Waals surface area contributed by atoms with Crippen molar-refractivity contribution in [1.29, 1.82) is 0 Å². The molecule has 0 bridgehead atoms. The number of nitrogens with one attached hydrogen (secondary N) is 1. The van der Waals surface area contributed by atoms with E-state index in [1.807, 2.05) is 0 Å². The molecule has 0 aromatic heterocycles. The lowest BCUT2D eigenvalue weighted by Crippen LogP contribution is -2.41. The highest BCUT2D eigenvalue weighted by Crippen LogP contribution is 2.53. The van der Waals surface area contributed by atoms with Gasteiger partial charge in [0.2, 0.25) is 0 Å². The van der Waals surface area contributed by atoms with Crippen molar-refractivity contribution in [1.82, 2.24) is 4.72 Å². The van der Waals surface area contributed by atoms with E-state index in [4.69, 9.17) is 11.6 Å². The van der Waals surface area contributed by atoms with Crippen LogP contribution < -0.4 is 9.86 Å². The smallest absolute Gasteiger partial charge is 0.216 e. The van der Waals surface area contributed by atoms with Crippen LogP contribution in [0.2, 0.25) is 0 Å². The lowest BCUT2D eigenvalue weighted by Gasteiger charge is -2.21. The Bertz CT molecular complexity index is 593. The number of hydrogen-bond donors (Lipinski definition) is 2. The van der Waals surface area contributed by atoms with Crippen molar-refractivity contribution in [3.8, 4) is 0 Å². The van der Waals surface area contributed by atoms with Crippen LogP contribution in [0, 0.1) is 5.82 Å². The molecule has 1 aliphatic rings. The summed E-state index contributed by atoms with van der Waals surface area (Å²) in [7, 11) is -4.34. The minimum Gasteiger partial charge on any atom is -0.216 e. The predicted molar refractivity (Wildman–Crippen MR) is 58.9 cm³/mol. The molecule has 2 atom stereocenters. The second-order valence-electron chi connectivity index (χ2n) is 3.91. The minimum atomic E-state index is -4.34. The second kappa shape index (κ2) is 4.09. The van der Waals surface area contributed by atoms with Crippen molar-refractivity contribution in [3.05, 3.63) is 35.1 Å². The molecule has 0 amide bonds. The molecule has 0 spiro atoms. The maximum absolute atomic E-state index is 13.8. The van der Waals surface area contributed by atoms with E-state index >= 15 is 0 Å². The summed E-state index contributed by atoms with van der Waals surface area (Å²) in [5, 5.41) is 2.86. The van der Waals surface area contributed by atoms with E-state index in [9.17, 15) is 21.6 Å². The van der Waals surface area contributed by atoms with Crippen molar-refractivity contribution in [2.75, 3.05) is 0 Å². The monoisotopic (exact) mass is 300 g/mol. The molecular formula is C9H8ClF3N2O2S. The standard InChI is InChI=1S/C9H8ClF3N2O2S/c10-7-6-3-4(11)1-2-5(6)8(9(7,12)13)15-18(14,16)17/h1-3,7-8,15H,(H2,14,16,17). The normalized spacial score (nSPS) is 26.1. The SMILES string of the molecule is NS(=O)(=O)NC1c2ccc(F)cc2C(Cl)C1(F)F. The Hall–Kier alpha value is -0.830. The van der Waals surface area contributed by atoms with Crippen molar-refractivity contribution < 1.29 is 21.6 Å². The van der Waals surface area contributed by atoms with Crippen LogP contribution >= 0.6 is 11.6 Å². The van der Waals surface area contributed by atoms with Crippen molar-refractivity contribution in [2.24, 2.45) is 5.14 Å². The lowest BCUT2D eigenvalue weighted by atomic mass is 10.1. The third-order valence-corrected chi connectivity index (χ3v) is 3.73. The number of nitrogens with two attached hydrogens (primary N) is 1. The van der Waals surface area contributed by atoms with Crippen LogP contribution in [0.4, 0.5) is 13.2 Å². The molecule has 100 valence electrons. The number of hydrogen-bond acceptors (Lipinski definition) is 2. The van der Waals surface area contributed by atoms with Crippen LogP contribution in [0.3, 0.4) is 0 Å². The zero-order valence-corrected chi connectivity index (χ0v) is 10.3. The van der Waals surface area contributed by atoms with Gasteiger partial charge in [-0.25, -0.2) is 18.3 Å². The highest BCUT2D eigenvalue weighted by Gasteiger charge is 2.56. The number of halogens is 4. The molecule has 18 heavy (non-hydrogen) atoms. The Kier molecular flexibility index (Phi) is 3.09. The molecule has 0 fully saturated rings. The van der Waals surface area contributed by atoms with Gasteiger partial charge in [-0.05, 0) is 23.3 Å². The first-order valence-corrected chi connectivity index (χ1v) is 6.72. The number of benzene rings is 1. The maximum Gasteiger partial charge on any atom is 0.288 e. The first-order valence-electron chi connectivity index (χ1n) is 4.74. The molecule has 3 N–H and O–H groups in total. The summed E-state index contributed by atoms with van der Waals surface area (Å²) in [4.78, 5) is 0. The van der Waals surface area contributed by atoms with Gasteiger partial charge in [0, 0.05) is 0 Å². The predicted octanol–water partition coefficient (Wildman–Crippen LogP) is 1.59. The molecule has 0 saturated carbocycles. The van der Waals surface area contributed by atoms with Gasteiger partial charge in [-0.15, -0.1) is 11.6 Å². The summed E-state index contributed by atoms with van der Waals surface area (Å²) < 4.78 is 64.0. The number of fused-ring (bicyclic) bond motifs is 1. The minimum absolute atomic E-state index is 0.0876. The van der Waals surface area contributed by atoms with Crippen LogP contribution in [0.15, 0.2) is 18.2 Å².